The summed E-state index contributed by atoms with van der Waals surface area (Å²) in [6, 6.07) is 1.58. The van der Waals surface area contributed by atoms with E-state index in [0.717, 1.165) is 5.56 Å². The van der Waals surface area contributed by atoms with Crippen LogP contribution in [-0.2, 0) is 11.3 Å². The first-order chi connectivity index (χ1) is 13.4. The van der Waals surface area contributed by atoms with Gasteiger partial charge in [0.05, 0.1) is 25.5 Å². The molecule has 1 saturated carbocycles. The Balaban J connectivity index is 1.58. The Morgan fingerprint density at radius 3 is 2.68 bits per heavy atom. The number of aryl methyl sites for hydroxylation is 1. The molecule has 2 aromatic rings. The van der Waals surface area contributed by atoms with Crippen molar-refractivity contribution in [2.75, 3.05) is 18.5 Å². The fraction of sp³-hybridized carbons (Fsp3) is 0.611. The number of ether oxygens (including phenoxy) is 2. The molecule has 8 nitrogen and oxygen atoms in total. The number of aliphatic hydroxyl groups excluding tert-OH is 1. The van der Waals surface area contributed by atoms with E-state index in [-0.39, 0.29) is 37.5 Å². The largest absolute Gasteiger partial charge is 0.469 e. The van der Waals surface area contributed by atoms with Crippen LogP contribution in [0.15, 0.2) is 12.3 Å². The number of halogens is 2. The Labute approximate surface area is 160 Å². The van der Waals surface area contributed by atoms with Crippen LogP contribution in [0.3, 0.4) is 0 Å². The lowest BCUT2D eigenvalue weighted by molar-refractivity contribution is -0.0813. The van der Waals surface area contributed by atoms with Gasteiger partial charge < -0.3 is 19.9 Å². The number of nitrogens with one attached hydrogen (secondary N) is 1. The van der Waals surface area contributed by atoms with Crippen molar-refractivity contribution in [3.8, 4) is 11.8 Å². The van der Waals surface area contributed by atoms with Gasteiger partial charge >= 0.3 is 0 Å². The summed E-state index contributed by atoms with van der Waals surface area (Å²) in [5.74, 6) is -1.44. The van der Waals surface area contributed by atoms with E-state index in [9.17, 15) is 13.9 Å². The summed E-state index contributed by atoms with van der Waals surface area (Å²) in [5.41, 5.74) is 1.35. The molecule has 3 heterocycles. The molecule has 2 N–H and O–H groups in total. The third-order valence-corrected chi connectivity index (χ3v) is 5.01. The zero-order chi connectivity index (χ0) is 19.7. The van der Waals surface area contributed by atoms with Crippen molar-refractivity contribution < 1.29 is 23.4 Å². The van der Waals surface area contributed by atoms with Crippen LogP contribution < -0.4 is 10.1 Å². The molecule has 2 aromatic heterocycles. The number of aromatic nitrogens is 4. The number of nitrogens with zero attached hydrogens (tertiary/aromatic N) is 4. The minimum atomic E-state index is -2.58. The van der Waals surface area contributed by atoms with Crippen LogP contribution in [0.4, 0.5) is 14.6 Å². The number of alkyl halides is 2. The van der Waals surface area contributed by atoms with E-state index in [4.69, 9.17) is 9.47 Å². The summed E-state index contributed by atoms with van der Waals surface area (Å²) in [7, 11) is 0. The molecule has 0 aromatic carbocycles. The second-order valence-electron chi connectivity index (χ2n) is 7.30. The predicted octanol–water partition coefficient (Wildman–Crippen LogP) is 2.23. The standard InChI is InChI=1S/C18H23F2N5O3/c1-11-7-25(24-14(11)8-26)17-22-15(6-16(23-17)28-13-9-27-10-13)21-12-2-4-18(19,20)5-3-12/h6-7,12-13,26H,2-5,8-10H2,1H3,(H,21,22,23). The highest BCUT2D eigenvalue weighted by Gasteiger charge is 2.35. The molecule has 28 heavy (non-hydrogen) atoms. The van der Waals surface area contributed by atoms with Crippen LogP contribution in [0.1, 0.15) is 36.9 Å². The molecule has 4 rings (SSSR count). The number of hydrogen-bond donors (Lipinski definition) is 2. The first-order valence-electron chi connectivity index (χ1n) is 9.36. The van der Waals surface area contributed by atoms with Gasteiger partial charge in [-0.05, 0) is 25.3 Å². The molecule has 0 bridgehead atoms. The molecular weight excluding hydrogens is 372 g/mol. The highest BCUT2D eigenvalue weighted by molar-refractivity contribution is 5.42. The smallest absolute Gasteiger partial charge is 0.255 e. The summed E-state index contributed by atoms with van der Waals surface area (Å²) in [5, 5.41) is 16.9. The molecule has 0 spiro atoms. The van der Waals surface area contributed by atoms with Gasteiger partial charge in [-0.2, -0.15) is 15.1 Å². The second-order valence-corrected chi connectivity index (χ2v) is 7.30. The van der Waals surface area contributed by atoms with E-state index >= 15 is 0 Å². The Hall–Kier alpha value is -2.33. The minimum absolute atomic E-state index is 0.0728. The first kappa shape index (κ1) is 19.0. The van der Waals surface area contributed by atoms with Gasteiger partial charge in [-0.1, -0.05) is 0 Å². The summed E-state index contributed by atoms with van der Waals surface area (Å²) < 4.78 is 39.2. The van der Waals surface area contributed by atoms with Gasteiger partial charge in [0.2, 0.25) is 11.8 Å². The molecule has 0 amide bonds. The Morgan fingerprint density at radius 1 is 1.32 bits per heavy atom. The zero-order valence-electron chi connectivity index (χ0n) is 15.6. The van der Waals surface area contributed by atoms with Crippen LogP contribution in [0.5, 0.6) is 5.88 Å². The molecule has 10 heteroatoms. The molecule has 152 valence electrons. The van der Waals surface area contributed by atoms with Gasteiger partial charge in [-0.3, -0.25) is 0 Å². The van der Waals surface area contributed by atoms with E-state index in [0.29, 0.717) is 43.4 Å². The van der Waals surface area contributed by atoms with Crippen molar-refractivity contribution in [3.63, 3.8) is 0 Å². The van der Waals surface area contributed by atoms with Gasteiger partial charge in [0, 0.05) is 31.1 Å². The molecule has 1 saturated heterocycles. The maximum atomic E-state index is 13.4. The van der Waals surface area contributed by atoms with Crippen LogP contribution in [0.25, 0.3) is 5.95 Å². The Kier molecular flexibility index (Phi) is 5.15. The predicted molar refractivity (Wildman–Crippen MR) is 95.9 cm³/mol. The molecule has 0 unspecified atom stereocenters. The summed E-state index contributed by atoms with van der Waals surface area (Å²) in [6.07, 6.45) is 2.12. The molecule has 1 aliphatic heterocycles. The first-order valence-corrected chi connectivity index (χ1v) is 9.36. The third kappa shape index (κ3) is 4.22. The van der Waals surface area contributed by atoms with Crippen molar-refractivity contribution >= 4 is 5.82 Å². The Bertz CT molecular complexity index is 831. The zero-order valence-corrected chi connectivity index (χ0v) is 15.6. The molecular formula is C18H23F2N5O3. The van der Waals surface area contributed by atoms with Crippen LogP contribution in [0, 0.1) is 6.92 Å². The number of hydrogen-bond acceptors (Lipinski definition) is 7. The average Bonchev–Trinajstić information content (AvgIpc) is 3.01. The van der Waals surface area contributed by atoms with E-state index in [1.807, 2.05) is 6.92 Å². The third-order valence-electron chi connectivity index (χ3n) is 5.01. The number of rotatable bonds is 6. The normalized spacial score (nSPS) is 20.0. The molecule has 0 radical (unpaired) electrons. The van der Waals surface area contributed by atoms with Crippen LogP contribution in [-0.4, -0.2) is 56.1 Å². The molecule has 0 atom stereocenters. The maximum Gasteiger partial charge on any atom is 0.255 e. The topological polar surface area (TPSA) is 94.3 Å². The second kappa shape index (κ2) is 7.59. The highest BCUT2D eigenvalue weighted by Crippen LogP contribution is 2.34. The molecule has 2 aliphatic rings. The van der Waals surface area contributed by atoms with Crippen molar-refractivity contribution in [2.24, 2.45) is 0 Å². The quantitative estimate of drug-likeness (QED) is 0.775. The fourth-order valence-corrected chi connectivity index (χ4v) is 3.25. The molecule has 1 aliphatic carbocycles. The lowest BCUT2D eigenvalue weighted by Crippen LogP contribution is -2.39. The van der Waals surface area contributed by atoms with Gasteiger partial charge in [0.1, 0.15) is 11.9 Å². The van der Waals surface area contributed by atoms with E-state index in [2.05, 4.69) is 20.4 Å². The van der Waals surface area contributed by atoms with Crippen molar-refractivity contribution in [1.82, 2.24) is 19.7 Å². The minimum Gasteiger partial charge on any atom is -0.469 e. The molecule has 2 fully saturated rings. The van der Waals surface area contributed by atoms with Crippen molar-refractivity contribution in [1.29, 1.82) is 0 Å². The summed E-state index contributed by atoms with van der Waals surface area (Å²) in [4.78, 5) is 8.87. The summed E-state index contributed by atoms with van der Waals surface area (Å²) in [6.45, 7) is 2.64. The lowest BCUT2D eigenvalue weighted by atomic mass is 9.92. The number of aliphatic hydroxyl groups is 1. The fourth-order valence-electron chi connectivity index (χ4n) is 3.25. The van der Waals surface area contributed by atoms with Crippen LogP contribution in [0.2, 0.25) is 0 Å². The van der Waals surface area contributed by atoms with E-state index < -0.39 is 5.92 Å². The number of anilines is 1. The lowest BCUT2D eigenvalue weighted by Gasteiger charge is -2.29. The van der Waals surface area contributed by atoms with Gasteiger partial charge in [-0.25, -0.2) is 13.5 Å². The van der Waals surface area contributed by atoms with Gasteiger partial charge in [-0.15, -0.1) is 0 Å². The van der Waals surface area contributed by atoms with Crippen molar-refractivity contribution in [3.05, 3.63) is 23.5 Å². The van der Waals surface area contributed by atoms with Gasteiger partial charge in [0.15, 0.2) is 0 Å². The Morgan fingerprint density at radius 2 is 2.07 bits per heavy atom. The monoisotopic (exact) mass is 395 g/mol. The van der Waals surface area contributed by atoms with E-state index in [1.54, 1.807) is 12.3 Å². The van der Waals surface area contributed by atoms with Gasteiger partial charge in [0.25, 0.3) is 5.95 Å². The maximum absolute atomic E-state index is 13.4. The highest BCUT2D eigenvalue weighted by atomic mass is 19.3. The van der Waals surface area contributed by atoms with E-state index in [1.165, 1.54) is 4.68 Å². The summed E-state index contributed by atoms with van der Waals surface area (Å²) >= 11 is 0. The van der Waals surface area contributed by atoms with Crippen LogP contribution >= 0.6 is 0 Å². The van der Waals surface area contributed by atoms with Crippen molar-refractivity contribution in [2.45, 2.75) is 57.3 Å². The SMILES string of the molecule is Cc1cn(-c2nc(NC3CCC(F)(F)CC3)cc(OC3COC3)n2)nc1CO. The average molecular weight is 395 g/mol.